The van der Waals surface area contributed by atoms with Gasteiger partial charge in [0, 0.05) is 30.1 Å². The van der Waals surface area contributed by atoms with E-state index < -0.39 is 5.97 Å². The molecule has 1 atom stereocenters. The van der Waals surface area contributed by atoms with E-state index in [1.807, 2.05) is 0 Å². The summed E-state index contributed by atoms with van der Waals surface area (Å²) in [5.41, 5.74) is 0.503. The highest BCUT2D eigenvalue weighted by Gasteiger charge is 2.32. The van der Waals surface area contributed by atoms with Gasteiger partial charge in [-0.15, -0.1) is 0 Å². The standard InChI is InChI=1S/C14H14BrNO4S/c1-8(17)21-7-9-4-13(18)16(6-9)12-3-2-10(15)5-11(12)14(19)20/h2-3,5,9H,4,6-7H2,1H3,(H,19,20). The van der Waals surface area contributed by atoms with Crippen LogP contribution in [-0.2, 0) is 9.59 Å². The maximum atomic E-state index is 12.1. The third-order valence-corrected chi connectivity index (χ3v) is 4.75. The minimum Gasteiger partial charge on any atom is -0.478 e. The van der Waals surface area contributed by atoms with E-state index in [1.165, 1.54) is 29.7 Å². The van der Waals surface area contributed by atoms with Crippen molar-refractivity contribution >= 4 is 50.4 Å². The van der Waals surface area contributed by atoms with Crippen molar-refractivity contribution in [3.05, 3.63) is 28.2 Å². The molecule has 1 N–H and O–H groups in total. The molecular weight excluding hydrogens is 358 g/mol. The number of carboxylic acids is 1. The molecular formula is C14H14BrNO4S. The number of carbonyl (C=O) groups excluding carboxylic acids is 2. The van der Waals surface area contributed by atoms with E-state index >= 15 is 0 Å². The number of hydrogen-bond donors (Lipinski definition) is 1. The monoisotopic (exact) mass is 371 g/mol. The van der Waals surface area contributed by atoms with Crippen molar-refractivity contribution in [2.75, 3.05) is 17.2 Å². The zero-order valence-corrected chi connectivity index (χ0v) is 13.7. The molecule has 21 heavy (non-hydrogen) atoms. The van der Waals surface area contributed by atoms with Gasteiger partial charge in [0.1, 0.15) is 0 Å². The lowest BCUT2D eigenvalue weighted by molar-refractivity contribution is -0.117. The number of nitrogens with zero attached hydrogens (tertiary/aromatic N) is 1. The molecule has 0 aromatic heterocycles. The minimum absolute atomic E-state index is 0.0239. The van der Waals surface area contributed by atoms with Crippen molar-refractivity contribution in [3.8, 4) is 0 Å². The summed E-state index contributed by atoms with van der Waals surface area (Å²) in [5.74, 6) is -0.525. The van der Waals surface area contributed by atoms with Crippen molar-refractivity contribution in [2.24, 2.45) is 5.92 Å². The van der Waals surface area contributed by atoms with Gasteiger partial charge in [-0.2, -0.15) is 0 Å². The maximum absolute atomic E-state index is 12.1. The number of thioether (sulfide) groups is 1. The van der Waals surface area contributed by atoms with E-state index in [0.717, 1.165) is 0 Å². The number of carbonyl (C=O) groups is 3. The molecule has 2 rings (SSSR count). The summed E-state index contributed by atoms with van der Waals surface area (Å²) in [6, 6.07) is 4.83. The fourth-order valence-corrected chi connectivity index (χ4v) is 3.33. The van der Waals surface area contributed by atoms with E-state index in [9.17, 15) is 19.5 Å². The summed E-state index contributed by atoms with van der Waals surface area (Å²) < 4.78 is 0.652. The average Bonchev–Trinajstić information content (AvgIpc) is 2.77. The highest BCUT2D eigenvalue weighted by atomic mass is 79.9. The third kappa shape index (κ3) is 3.85. The Kier molecular flexibility index (Phi) is 5.05. The zero-order chi connectivity index (χ0) is 15.6. The second kappa shape index (κ2) is 6.62. The summed E-state index contributed by atoms with van der Waals surface area (Å²) in [7, 11) is 0. The van der Waals surface area contributed by atoms with E-state index in [0.29, 0.717) is 28.9 Å². The highest BCUT2D eigenvalue weighted by molar-refractivity contribution is 9.10. The molecule has 112 valence electrons. The first kappa shape index (κ1) is 16.0. The fourth-order valence-electron chi connectivity index (χ4n) is 2.28. The second-order valence-corrected chi connectivity index (χ2v) is 6.96. The number of aromatic carboxylic acids is 1. The van der Waals surface area contributed by atoms with Crippen molar-refractivity contribution in [2.45, 2.75) is 13.3 Å². The third-order valence-electron chi connectivity index (χ3n) is 3.21. The van der Waals surface area contributed by atoms with Crippen LogP contribution < -0.4 is 4.90 Å². The SMILES string of the molecule is CC(=O)SCC1CC(=O)N(c2ccc(Br)cc2C(=O)O)C1. The molecule has 0 saturated carbocycles. The van der Waals surface area contributed by atoms with Gasteiger partial charge >= 0.3 is 5.97 Å². The smallest absolute Gasteiger partial charge is 0.337 e. The van der Waals surface area contributed by atoms with Gasteiger partial charge in [0.25, 0.3) is 0 Å². The van der Waals surface area contributed by atoms with Crippen LogP contribution in [0.5, 0.6) is 0 Å². The Hall–Kier alpha value is -1.34. The average molecular weight is 372 g/mol. The molecule has 1 aliphatic heterocycles. The Labute approximate surface area is 134 Å². The van der Waals surface area contributed by atoms with Crippen LogP contribution >= 0.6 is 27.7 Å². The van der Waals surface area contributed by atoms with Crippen molar-refractivity contribution in [3.63, 3.8) is 0 Å². The number of amides is 1. The van der Waals surface area contributed by atoms with Crippen molar-refractivity contribution in [1.29, 1.82) is 0 Å². The van der Waals surface area contributed by atoms with Crippen LogP contribution in [0.25, 0.3) is 0 Å². The Morgan fingerprint density at radius 2 is 2.19 bits per heavy atom. The molecule has 1 fully saturated rings. The van der Waals surface area contributed by atoms with Crippen LogP contribution in [0.2, 0.25) is 0 Å². The lowest BCUT2D eigenvalue weighted by Gasteiger charge is -2.19. The predicted molar refractivity (Wildman–Crippen MR) is 84.7 cm³/mol. The van der Waals surface area contributed by atoms with Gasteiger partial charge in [0.15, 0.2) is 5.12 Å². The van der Waals surface area contributed by atoms with Crippen LogP contribution in [0.15, 0.2) is 22.7 Å². The van der Waals surface area contributed by atoms with E-state index in [1.54, 1.807) is 12.1 Å². The Morgan fingerprint density at radius 1 is 1.48 bits per heavy atom. The van der Waals surface area contributed by atoms with E-state index in [-0.39, 0.29) is 22.5 Å². The topological polar surface area (TPSA) is 74.7 Å². The summed E-state index contributed by atoms with van der Waals surface area (Å²) in [6.45, 7) is 1.94. The number of halogens is 1. The summed E-state index contributed by atoms with van der Waals surface area (Å²) in [6.07, 6.45) is 0.343. The lowest BCUT2D eigenvalue weighted by atomic mass is 10.1. The fraction of sp³-hybridized carbons (Fsp3) is 0.357. The molecule has 5 nitrogen and oxygen atoms in total. The zero-order valence-electron chi connectivity index (χ0n) is 11.3. The van der Waals surface area contributed by atoms with Gasteiger partial charge in [-0.25, -0.2) is 4.79 Å². The molecule has 0 spiro atoms. The summed E-state index contributed by atoms with van der Waals surface area (Å²) in [4.78, 5) is 35.9. The van der Waals surface area contributed by atoms with Gasteiger partial charge in [0.2, 0.25) is 5.91 Å². The first-order chi connectivity index (χ1) is 9.88. The van der Waals surface area contributed by atoms with Crippen molar-refractivity contribution in [1.82, 2.24) is 0 Å². The molecule has 0 bridgehead atoms. The Balaban J connectivity index is 2.21. The molecule has 7 heteroatoms. The quantitative estimate of drug-likeness (QED) is 0.880. The number of anilines is 1. The van der Waals surface area contributed by atoms with E-state index in [2.05, 4.69) is 15.9 Å². The molecule has 1 unspecified atom stereocenters. The Bertz CT molecular complexity index is 605. The lowest BCUT2D eigenvalue weighted by Crippen LogP contribution is -2.26. The van der Waals surface area contributed by atoms with Crippen LogP contribution in [0.4, 0.5) is 5.69 Å². The molecule has 1 amide bonds. The molecule has 1 saturated heterocycles. The molecule has 1 heterocycles. The van der Waals surface area contributed by atoms with Crippen LogP contribution in [0.1, 0.15) is 23.7 Å². The second-order valence-electron chi connectivity index (χ2n) is 4.84. The van der Waals surface area contributed by atoms with Gasteiger partial charge in [0.05, 0.1) is 11.3 Å². The van der Waals surface area contributed by atoms with Gasteiger partial charge in [-0.3, -0.25) is 9.59 Å². The molecule has 1 aliphatic rings. The summed E-state index contributed by atoms with van der Waals surface area (Å²) in [5, 5.41) is 9.30. The number of carboxylic acid groups (broad SMARTS) is 1. The largest absolute Gasteiger partial charge is 0.478 e. The number of rotatable bonds is 4. The summed E-state index contributed by atoms with van der Waals surface area (Å²) >= 11 is 4.43. The Morgan fingerprint density at radius 3 is 2.81 bits per heavy atom. The van der Waals surface area contributed by atoms with Crippen LogP contribution in [0.3, 0.4) is 0 Å². The first-order valence-electron chi connectivity index (χ1n) is 6.35. The maximum Gasteiger partial charge on any atom is 0.337 e. The molecule has 1 aromatic carbocycles. The first-order valence-corrected chi connectivity index (χ1v) is 8.13. The predicted octanol–water partition coefficient (Wildman–Crippen LogP) is 2.78. The van der Waals surface area contributed by atoms with Crippen LogP contribution in [0, 0.1) is 5.92 Å². The van der Waals surface area contributed by atoms with Crippen molar-refractivity contribution < 1.29 is 19.5 Å². The highest BCUT2D eigenvalue weighted by Crippen LogP contribution is 2.31. The molecule has 0 aliphatic carbocycles. The normalized spacial score (nSPS) is 18.1. The molecule has 1 aromatic rings. The van der Waals surface area contributed by atoms with Gasteiger partial charge in [-0.05, 0) is 24.1 Å². The van der Waals surface area contributed by atoms with E-state index in [4.69, 9.17) is 0 Å². The number of hydrogen-bond acceptors (Lipinski definition) is 4. The van der Waals surface area contributed by atoms with Gasteiger partial charge in [-0.1, -0.05) is 27.7 Å². The van der Waals surface area contributed by atoms with Crippen LogP contribution in [-0.4, -0.2) is 34.4 Å². The molecule has 0 radical (unpaired) electrons. The number of benzene rings is 1. The minimum atomic E-state index is -1.07. The van der Waals surface area contributed by atoms with Gasteiger partial charge < -0.3 is 10.0 Å².